The van der Waals surface area contributed by atoms with Crippen molar-refractivity contribution in [2.45, 2.75) is 0 Å². The lowest BCUT2D eigenvalue weighted by Crippen LogP contribution is -2.40. The van der Waals surface area contributed by atoms with Crippen LogP contribution in [0.3, 0.4) is 0 Å². The van der Waals surface area contributed by atoms with Crippen molar-refractivity contribution in [3.05, 3.63) is 11.2 Å². The van der Waals surface area contributed by atoms with Crippen molar-refractivity contribution in [3.63, 3.8) is 0 Å². The number of nitrogen functional groups attached to an aromatic ring is 1. The molecule has 4 N–H and O–H groups in total. The van der Waals surface area contributed by atoms with Crippen molar-refractivity contribution in [2.24, 2.45) is 5.84 Å². The monoisotopic (exact) mass is 244 g/mol. The van der Waals surface area contributed by atoms with E-state index in [0.717, 1.165) is 13.1 Å². The molecule has 8 heteroatoms. The van der Waals surface area contributed by atoms with Crippen LogP contribution in [0.15, 0.2) is 6.20 Å². The number of nitrogens with zero attached hydrogens (tertiary/aromatic N) is 3. The third-order valence-electron chi connectivity index (χ3n) is 2.15. The van der Waals surface area contributed by atoms with E-state index in [4.69, 9.17) is 22.2 Å². The number of halogens is 1. The van der Waals surface area contributed by atoms with Crippen molar-refractivity contribution in [1.29, 1.82) is 0 Å². The van der Waals surface area contributed by atoms with E-state index in [1.165, 1.54) is 6.20 Å². The first-order valence-corrected chi connectivity index (χ1v) is 5.26. The number of hydrogen-bond acceptors (Lipinski definition) is 7. The molecule has 0 amide bonds. The van der Waals surface area contributed by atoms with Crippen LogP contribution in [0, 0.1) is 0 Å². The number of morpholine rings is 1. The first-order valence-electron chi connectivity index (χ1n) is 4.88. The standard InChI is InChI=1S/C8H13ClN6O/c9-6-5-11-8(13-10)12-7(6)14-15-1-3-16-4-2-15/h5H,1-4,10H2,(H2,11,12,13,14). The largest absolute Gasteiger partial charge is 0.379 e. The molecule has 0 aliphatic carbocycles. The van der Waals surface area contributed by atoms with Crippen LogP contribution in [-0.4, -0.2) is 41.3 Å². The highest BCUT2D eigenvalue weighted by molar-refractivity contribution is 6.32. The Morgan fingerprint density at radius 2 is 2.19 bits per heavy atom. The van der Waals surface area contributed by atoms with E-state index in [0.29, 0.717) is 30.0 Å². The summed E-state index contributed by atoms with van der Waals surface area (Å²) in [6, 6.07) is 0. The third-order valence-corrected chi connectivity index (χ3v) is 2.42. The van der Waals surface area contributed by atoms with Gasteiger partial charge in [-0.1, -0.05) is 11.6 Å². The molecule has 16 heavy (non-hydrogen) atoms. The van der Waals surface area contributed by atoms with Crippen LogP contribution in [0.5, 0.6) is 0 Å². The van der Waals surface area contributed by atoms with Crippen LogP contribution in [0.2, 0.25) is 5.02 Å². The van der Waals surface area contributed by atoms with Crippen LogP contribution < -0.4 is 16.7 Å². The van der Waals surface area contributed by atoms with E-state index >= 15 is 0 Å². The number of aromatic nitrogens is 2. The molecular formula is C8H13ClN6O. The Morgan fingerprint density at radius 1 is 1.44 bits per heavy atom. The molecule has 0 unspecified atom stereocenters. The minimum Gasteiger partial charge on any atom is -0.379 e. The van der Waals surface area contributed by atoms with Gasteiger partial charge in [0.1, 0.15) is 5.02 Å². The number of nitrogens with two attached hydrogens (primary N) is 1. The van der Waals surface area contributed by atoms with E-state index in [-0.39, 0.29) is 0 Å². The Morgan fingerprint density at radius 3 is 2.88 bits per heavy atom. The van der Waals surface area contributed by atoms with Gasteiger partial charge in [-0.05, 0) is 0 Å². The maximum absolute atomic E-state index is 5.96. The number of nitrogens with one attached hydrogen (secondary N) is 2. The molecule has 0 bridgehead atoms. The van der Waals surface area contributed by atoms with Crippen LogP contribution in [0.25, 0.3) is 0 Å². The highest BCUT2D eigenvalue weighted by Crippen LogP contribution is 2.19. The fourth-order valence-electron chi connectivity index (χ4n) is 1.34. The van der Waals surface area contributed by atoms with Gasteiger partial charge in [-0.2, -0.15) is 4.98 Å². The molecule has 1 aromatic heterocycles. The smallest absolute Gasteiger partial charge is 0.239 e. The van der Waals surface area contributed by atoms with Gasteiger partial charge in [0.05, 0.1) is 19.4 Å². The Balaban J connectivity index is 2.06. The highest BCUT2D eigenvalue weighted by atomic mass is 35.5. The van der Waals surface area contributed by atoms with Gasteiger partial charge in [-0.25, -0.2) is 15.8 Å². The zero-order chi connectivity index (χ0) is 11.4. The van der Waals surface area contributed by atoms with Gasteiger partial charge in [0.15, 0.2) is 5.82 Å². The number of hydrazine groups is 2. The fourth-order valence-corrected chi connectivity index (χ4v) is 1.47. The maximum Gasteiger partial charge on any atom is 0.239 e. The average molecular weight is 245 g/mol. The molecule has 0 spiro atoms. The molecular weight excluding hydrogens is 232 g/mol. The molecule has 88 valence electrons. The van der Waals surface area contributed by atoms with Crippen molar-refractivity contribution in [1.82, 2.24) is 15.0 Å². The van der Waals surface area contributed by atoms with E-state index < -0.39 is 0 Å². The van der Waals surface area contributed by atoms with Gasteiger partial charge >= 0.3 is 0 Å². The number of rotatable bonds is 3. The Bertz CT molecular complexity index is 356. The summed E-state index contributed by atoms with van der Waals surface area (Å²) >= 11 is 5.96. The topological polar surface area (TPSA) is 88.3 Å². The number of ether oxygens (including phenoxy) is 1. The highest BCUT2D eigenvalue weighted by Gasteiger charge is 2.13. The first kappa shape index (κ1) is 11.3. The molecule has 0 atom stereocenters. The van der Waals surface area contributed by atoms with Gasteiger partial charge in [0.25, 0.3) is 0 Å². The van der Waals surface area contributed by atoms with Crippen LogP contribution >= 0.6 is 11.6 Å². The van der Waals surface area contributed by atoms with Crippen LogP contribution in [0.1, 0.15) is 0 Å². The van der Waals surface area contributed by atoms with E-state index in [1.54, 1.807) is 0 Å². The van der Waals surface area contributed by atoms with Crippen molar-refractivity contribution in [2.75, 3.05) is 37.2 Å². The summed E-state index contributed by atoms with van der Waals surface area (Å²) in [6.07, 6.45) is 1.49. The molecule has 7 nitrogen and oxygen atoms in total. The number of anilines is 2. The van der Waals surface area contributed by atoms with Gasteiger partial charge < -0.3 is 10.2 Å². The molecule has 1 aliphatic heterocycles. The minimum atomic E-state index is 0.320. The zero-order valence-corrected chi connectivity index (χ0v) is 9.37. The molecule has 1 aromatic rings. The summed E-state index contributed by atoms with van der Waals surface area (Å²) < 4.78 is 5.23. The lowest BCUT2D eigenvalue weighted by molar-refractivity contribution is 0.0495. The molecule has 1 saturated heterocycles. The molecule has 0 saturated carbocycles. The SMILES string of the molecule is NNc1ncc(Cl)c(NN2CCOCC2)n1. The molecule has 2 heterocycles. The van der Waals surface area contributed by atoms with Gasteiger partial charge in [0.2, 0.25) is 5.95 Å². The second kappa shape index (κ2) is 5.26. The quantitative estimate of drug-likeness (QED) is 0.512. The number of hydrogen-bond donors (Lipinski definition) is 3. The lowest BCUT2D eigenvalue weighted by Gasteiger charge is -2.27. The molecule has 0 radical (unpaired) electrons. The normalized spacial score (nSPS) is 17.1. The average Bonchev–Trinajstić information content (AvgIpc) is 2.33. The van der Waals surface area contributed by atoms with Gasteiger partial charge in [-0.3, -0.25) is 5.43 Å². The van der Waals surface area contributed by atoms with E-state index in [2.05, 4.69) is 20.8 Å². The molecule has 1 aliphatic rings. The Hall–Kier alpha value is -1.15. The summed E-state index contributed by atoms with van der Waals surface area (Å²) in [5.41, 5.74) is 5.47. The zero-order valence-electron chi connectivity index (χ0n) is 8.61. The fraction of sp³-hybridized carbons (Fsp3) is 0.500. The summed E-state index contributed by atoms with van der Waals surface area (Å²) in [4.78, 5) is 8.00. The molecule has 2 rings (SSSR count). The Labute approximate surface area is 97.9 Å². The van der Waals surface area contributed by atoms with Crippen LogP contribution in [-0.2, 0) is 4.74 Å². The minimum absolute atomic E-state index is 0.320. The third kappa shape index (κ3) is 2.70. The Kier molecular flexibility index (Phi) is 3.73. The van der Waals surface area contributed by atoms with E-state index in [1.807, 2.05) is 5.01 Å². The summed E-state index contributed by atoms with van der Waals surface area (Å²) in [7, 11) is 0. The first-order chi connectivity index (χ1) is 7.79. The predicted molar refractivity (Wildman–Crippen MR) is 60.9 cm³/mol. The van der Waals surface area contributed by atoms with Crippen molar-refractivity contribution in [3.8, 4) is 0 Å². The predicted octanol–water partition coefficient (Wildman–Crippen LogP) is 0.0747. The van der Waals surface area contributed by atoms with Crippen molar-refractivity contribution < 1.29 is 4.74 Å². The second-order valence-electron chi connectivity index (χ2n) is 3.25. The molecule has 0 aromatic carbocycles. The van der Waals surface area contributed by atoms with Gasteiger partial charge in [0, 0.05) is 13.1 Å². The molecule has 1 fully saturated rings. The second-order valence-corrected chi connectivity index (χ2v) is 3.65. The summed E-state index contributed by atoms with van der Waals surface area (Å²) in [6.45, 7) is 2.95. The van der Waals surface area contributed by atoms with Crippen molar-refractivity contribution >= 4 is 23.4 Å². The van der Waals surface area contributed by atoms with Crippen LogP contribution in [0.4, 0.5) is 11.8 Å². The summed E-state index contributed by atoms with van der Waals surface area (Å²) in [5, 5.41) is 2.43. The van der Waals surface area contributed by atoms with Gasteiger partial charge in [-0.15, -0.1) is 0 Å². The lowest BCUT2D eigenvalue weighted by atomic mass is 10.5. The summed E-state index contributed by atoms with van der Waals surface area (Å²) in [5.74, 6) is 6.08. The maximum atomic E-state index is 5.96. The van der Waals surface area contributed by atoms with E-state index in [9.17, 15) is 0 Å².